The third kappa shape index (κ3) is 7.81. The standard InChI is InChI=1S/C25H38O3S/c1-3-4-5-6-7-8-9-10-11-12-13-17-20-22-23(26)28-24(27)25(22,2)29-21-18-15-14-16-19-21/h14-16,18-19,22H,3-13,17,20H2,1-2H3/t22-,25+/m1/s1. The molecule has 1 heterocycles. The van der Waals surface area contributed by atoms with Crippen molar-refractivity contribution in [1.82, 2.24) is 0 Å². The number of ether oxygens (including phenoxy) is 1. The molecule has 1 fully saturated rings. The highest BCUT2D eigenvalue weighted by atomic mass is 32.2. The summed E-state index contributed by atoms with van der Waals surface area (Å²) >= 11 is 1.46. The summed E-state index contributed by atoms with van der Waals surface area (Å²) in [6.07, 6.45) is 16.2. The second-order valence-electron chi connectivity index (χ2n) is 8.46. The SMILES string of the molecule is CCCCCCCCCCCCCC[C@@H]1C(=O)OC(=O)[C@@]1(C)Sc1ccccc1. The van der Waals surface area contributed by atoms with Crippen LogP contribution in [0.4, 0.5) is 0 Å². The van der Waals surface area contributed by atoms with E-state index in [0.717, 1.165) is 24.2 Å². The molecule has 1 aromatic rings. The Kier molecular flexibility index (Phi) is 10.8. The van der Waals surface area contributed by atoms with Crippen molar-refractivity contribution in [3.8, 4) is 0 Å². The van der Waals surface area contributed by atoms with Crippen LogP contribution in [0.25, 0.3) is 0 Å². The molecule has 0 radical (unpaired) electrons. The van der Waals surface area contributed by atoms with Gasteiger partial charge in [0, 0.05) is 4.90 Å². The minimum absolute atomic E-state index is 0.344. The zero-order valence-electron chi connectivity index (χ0n) is 18.3. The van der Waals surface area contributed by atoms with E-state index in [1.165, 1.54) is 76.0 Å². The van der Waals surface area contributed by atoms with E-state index in [0.29, 0.717) is 0 Å². The number of rotatable bonds is 15. The Morgan fingerprint density at radius 1 is 0.828 bits per heavy atom. The number of hydrogen-bond donors (Lipinski definition) is 0. The summed E-state index contributed by atoms with van der Waals surface area (Å²) in [7, 11) is 0. The van der Waals surface area contributed by atoms with Crippen LogP contribution < -0.4 is 0 Å². The van der Waals surface area contributed by atoms with E-state index in [2.05, 4.69) is 6.92 Å². The van der Waals surface area contributed by atoms with E-state index in [9.17, 15) is 9.59 Å². The number of thioether (sulfide) groups is 1. The molecule has 1 aromatic carbocycles. The van der Waals surface area contributed by atoms with Gasteiger partial charge in [-0.3, -0.25) is 9.59 Å². The van der Waals surface area contributed by atoms with Crippen molar-refractivity contribution in [2.45, 2.75) is 107 Å². The van der Waals surface area contributed by atoms with Crippen molar-refractivity contribution in [2.75, 3.05) is 0 Å². The minimum Gasteiger partial charge on any atom is -0.392 e. The Bertz CT molecular complexity index is 616. The van der Waals surface area contributed by atoms with Gasteiger partial charge in [0.25, 0.3) is 0 Å². The van der Waals surface area contributed by atoms with Crippen molar-refractivity contribution >= 4 is 23.7 Å². The highest BCUT2D eigenvalue weighted by molar-refractivity contribution is 8.01. The highest BCUT2D eigenvalue weighted by Crippen LogP contribution is 2.46. The van der Waals surface area contributed by atoms with Gasteiger partial charge in [0.15, 0.2) is 0 Å². The summed E-state index contributed by atoms with van der Waals surface area (Å²) in [5.41, 5.74) is 0. The van der Waals surface area contributed by atoms with E-state index < -0.39 is 4.75 Å². The smallest absolute Gasteiger partial charge is 0.330 e. The summed E-state index contributed by atoms with van der Waals surface area (Å²) in [6.45, 7) is 4.12. The third-order valence-corrected chi connectivity index (χ3v) is 7.35. The average molecular weight is 419 g/mol. The first-order valence-corrected chi connectivity index (χ1v) is 12.4. The van der Waals surface area contributed by atoms with E-state index in [-0.39, 0.29) is 17.9 Å². The van der Waals surface area contributed by atoms with E-state index in [4.69, 9.17) is 4.74 Å². The molecular weight excluding hydrogens is 380 g/mol. The van der Waals surface area contributed by atoms with Crippen molar-refractivity contribution in [1.29, 1.82) is 0 Å². The van der Waals surface area contributed by atoms with Crippen LogP contribution in [0.2, 0.25) is 0 Å². The van der Waals surface area contributed by atoms with Crippen molar-refractivity contribution in [2.24, 2.45) is 5.92 Å². The predicted molar refractivity (Wildman–Crippen MR) is 121 cm³/mol. The third-order valence-electron chi connectivity index (χ3n) is 5.97. The Morgan fingerprint density at radius 3 is 1.90 bits per heavy atom. The fourth-order valence-electron chi connectivity index (χ4n) is 4.06. The van der Waals surface area contributed by atoms with Crippen LogP contribution >= 0.6 is 11.8 Å². The lowest BCUT2D eigenvalue weighted by atomic mass is 9.90. The second kappa shape index (κ2) is 13.1. The Labute approximate surface area is 181 Å². The van der Waals surface area contributed by atoms with Gasteiger partial charge in [0.05, 0.1) is 5.92 Å². The lowest BCUT2D eigenvalue weighted by Gasteiger charge is -2.24. The first-order chi connectivity index (χ1) is 14.1. The first-order valence-electron chi connectivity index (χ1n) is 11.6. The molecule has 2 rings (SSSR count). The normalized spacial score (nSPS) is 21.5. The maximum Gasteiger partial charge on any atom is 0.330 e. The number of unbranched alkanes of at least 4 members (excludes halogenated alkanes) is 11. The lowest BCUT2D eigenvalue weighted by molar-refractivity contribution is -0.153. The fraction of sp³-hybridized carbons (Fsp3) is 0.680. The average Bonchev–Trinajstić information content (AvgIpc) is 2.92. The number of esters is 2. The van der Waals surface area contributed by atoms with E-state index in [1.54, 1.807) is 0 Å². The van der Waals surface area contributed by atoms with Crippen LogP contribution in [0.1, 0.15) is 97.3 Å². The van der Waals surface area contributed by atoms with Gasteiger partial charge in [-0.15, -0.1) is 11.8 Å². The number of carbonyl (C=O) groups excluding carboxylic acids is 2. The molecule has 1 aliphatic heterocycles. The van der Waals surface area contributed by atoms with Crippen LogP contribution in [0.5, 0.6) is 0 Å². The van der Waals surface area contributed by atoms with Crippen LogP contribution in [-0.2, 0) is 14.3 Å². The lowest BCUT2D eigenvalue weighted by Crippen LogP contribution is -2.34. The molecule has 0 aliphatic carbocycles. The number of hydrogen-bond acceptors (Lipinski definition) is 4. The molecule has 29 heavy (non-hydrogen) atoms. The zero-order chi connectivity index (χ0) is 21.0. The van der Waals surface area contributed by atoms with Crippen LogP contribution in [0.3, 0.4) is 0 Å². The molecule has 0 unspecified atom stereocenters. The van der Waals surface area contributed by atoms with Gasteiger partial charge >= 0.3 is 11.9 Å². The summed E-state index contributed by atoms with van der Waals surface area (Å²) < 4.78 is 4.21. The molecule has 4 heteroatoms. The Hall–Kier alpha value is -1.29. The molecule has 0 aromatic heterocycles. The predicted octanol–water partition coefficient (Wildman–Crippen LogP) is 7.33. The van der Waals surface area contributed by atoms with Gasteiger partial charge in [0.2, 0.25) is 0 Å². The molecule has 0 spiro atoms. The van der Waals surface area contributed by atoms with E-state index >= 15 is 0 Å². The van der Waals surface area contributed by atoms with Crippen molar-refractivity contribution in [3.05, 3.63) is 30.3 Å². The number of benzene rings is 1. The molecule has 1 aliphatic rings. The molecule has 0 amide bonds. The van der Waals surface area contributed by atoms with Crippen LogP contribution in [0.15, 0.2) is 35.2 Å². The highest BCUT2D eigenvalue weighted by Gasteiger charge is 2.54. The fourth-order valence-corrected chi connectivity index (χ4v) is 5.32. The summed E-state index contributed by atoms with van der Waals surface area (Å²) in [4.78, 5) is 25.6. The topological polar surface area (TPSA) is 43.4 Å². The molecule has 0 N–H and O–H groups in total. The summed E-state index contributed by atoms with van der Waals surface area (Å²) in [6, 6.07) is 9.82. The van der Waals surface area contributed by atoms with Gasteiger partial charge in [-0.05, 0) is 25.5 Å². The second-order valence-corrected chi connectivity index (χ2v) is 9.98. The van der Waals surface area contributed by atoms with Crippen LogP contribution in [0, 0.1) is 5.92 Å². The maximum absolute atomic E-state index is 12.4. The Morgan fingerprint density at radius 2 is 1.34 bits per heavy atom. The molecule has 162 valence electrons. The van der Waals surface area contributed by atoms with Crippen molar-refractivity contribution in [3.63, 3.8) is 0 Å². The largest absolute Gasteiger partial charge is 0.392 e. The van der Waals surface area contributed by atoms with Gasteiger partial charge in [-0.1, -0.05) is 102 Å². The Balaban J connectivity index is 1.63. The monoisotopic (exact) mass is 418 g/mol. The van der Waals surface area contributed by atoms with Gasteiger partial charge in [-0.25, -0.2) is 0 Å². The number of carbonyl (C=O) groups is 2. The summed E-state index contributed by atoms with van der Waals surface area (Å²) in [5.74, 6) is -1.08. The minimum atomic E-state index is -0.809. The molecular formula is C25H38O3S. The molecule has 2 atom stereocenters. The summed E-state index contributed by atoms with van der Waals surface area (Å²) in [5, 5.41) is 0. The first kappa shape index (κ1) is 24.0. The zero-order valence-corrected chi connectivity index (χ0v) is 19.1. The molecule has 1 saturated heterocycles. The van der Waals surface area contributed by atoms with Gasteiger partial charge < -0.3 is 4.74 Å². The maximum atomic E-state index is 12.4. The van der Waals surface area contributed by atoms with E-state index in [1.807, 2.05) is 37.3 Å². The van der Waals surface area contributed by atoms with Crippen molar-refractivity contribution < 1.29 is 14.3 Å². The molecule has 0 bridgehead atoms. The molecule has 0 saturated carbocycles. The number of cyclic esters (lactones) is 2. The van der Waals surface area contributed by atoms with Gasteiger partial charge in [-0.2, -0.15) is 0 Å². The van der Waals surface area contributed by atoms with Gasteiger partial charge in [0.1, 0.15) is 4.75 Å². The molecule has 3 nitrogen and oxygen atoms in total. The van der Waals surface area contributed by atoms with Crippen LogP contribution in [-0.4, -0.2) is 16.7 Å². The quantitative estimate of drug-likeness (QED) is 0.170.